The second-order valence-electron chi connectivity index (χ2n) is 6.41. The Morgan fingerprint density at radius 3 is 2.79 bits per heavy atom. The van der Waals surface area contributed by atoms with Crippen molar-refractivity contribution in [2.24, 2.45) is 0 Å². The van der Waals surface area contributed by atoms with Crippen LogP contribution in [0, 0.1) is 0 Å². The molecule has 2 amide bonds. The number of aryl methyl sites for hydroxylation is 1. The number of hydrogen-bond donors (Lipinski definition) is 1. The number of carbonyl (C=O) groups excluding carboxylic acids is 2. The minimum absolute atomic E-state index is 0.0718. The van der Waals surface area contributed by atoms with Crippen molar-refractivity contribution in [1.82, 2.24) is 5.16 Å². The molecule has 0 unspecified atom stereocenters. The summed E-state index contributed by atoms with van der Waals surface area (Å²) in [5, 5.41) is 6.70. The van der Waals surface area contributed by atoms with Crippen molar-refractivity contribution in [3.05, 3.63) is 60.2 Å². The smallest absolute Gasteiger partial charge is 0.246 e. The summed E-state index contributed by atoms with van der Waals surface area (Å²) in [5.74, 6) is 0.156. The lowest BCUT2D eigenvalue weighted by atomic mass is 10.1. The largest absolute Gasteiger partial charge is 0.338 e. The number of hydrogen-bond acceptors (Lipinski definition) is 5. The fraction of sp³-hybridized carbons (Fsp3) is 0.190. The van der Waals surface area contributed by atoms with Crippen LogP contribution in [0.5, 0.6) is 0 Å². The number of rotatable bonds is 5. The minimum atomic E-state index is -0.334. The van der Waals surface area contributed by atoms with Gasteiger partial charge in [-0.2, -0.15) is 0 Å². The standard InChI is InChI=1S/C21H19N3O3S/c1-2-14-7-9-15(10-8-14)16-11-20(27-23-16)22-19(25)12-24-17-5-3-4-6-18(17)28-13-21(24)26/h3-11H,2,12-13H2,1H3,(H,22,25). The van der Waals surface area contributed by atoms with Gasteiger partial charge in [0, 0.05) is 16.5 Å². The number of carbonyl (C=O) groups is 2. The van der Waals surface area contributed by atoms with Crippen LogP contribution in [0.15, 0.2) is 64.0 Å². The Bertz CT molecular complexity index is 1010. The van der Waals surface area contributed by atoms with Gasteiger partial charge in [-0.15, -0.1) is 11.8 Å². The summed E-state index contributed by atoms with van der Waals surface area (Å²) in [6.45, 7) is 2.03. The van der Waals surface area contributed by atoms with E-state index in [9.17, 15) is 9.59 Å². The van der Waals surface area contributed by atoms with E-state index in [1.165, 1.54) is 22.2 Å². The zero-order valence-corrected chi connectivity index (χ0v) is 16.2. The third-order valence-corrected chi connectivity index (χ3v) is 5.59. The van der Waals surface area contributed by atoms with E-state index in [2.05, 4.69) is 17.4 Å². The number of amides is 2. The predicted molar refractivity (Wildman–Crippen MR) is 109 cm³/mol. The van der Waals surface area contributed by atoms with Gasteiger partial charge >= 0.3 is 0 Å². The molecule has 6 nitrogen and oxygen atoms in total. The van der Waals surface area contributed by atoms with E-state index in [-0.39, 0.29) is 24.2 Å². The van der Waals surface area contributed by atoms with Gasteiger partial charge in [0.2, 0.25) is 17.7 Å². The second-order valence-corrected chi connectivity index (χ2v) is 7.43. The Balaban J connectivity index is 1.44. The van der Waals surface area contributed by atoms with Crippen LogP contribution in [0.3, 0.4) is 0 Å². The number of thioether (sulfide) groups is 1. The molecule has 28 heavy (non-hydrogen) atoms. The molecule has 7 heteroatoms. The Hall–Kier alpha value is -3.06. The molecule has 0 aliphatic carbocycles. The molecule has 142 valence electrons. The lowest BCUT2D eigenvalue weighted by Crippen LogP contribution is -2.41. The molecule has 1 aromatic heterocycles. The summed E-state index contributed by atoms with van der Waals surface area (Å²) in [4.78, 5) is 27.2. The topological polar surface area (TPSA) is 75.4 Å². The van der Waals surface area contributed by atoms with Crippen molar-refractivity contribution in [2.75, 3.05) is 22.5 Å². The Morgan fingerprint density at radius 2 is 2.00 bits per heavy atom. The van der Waals surface area contributed by atoms with Crippen LogP contribution < -0.4 is 10.2 Å². The van der Waals surface area contributed by atoms with Crippen molar-refractivity contribution in [1.29, 1.82) is 0 Å². The summed E-state index contributed by atoms with van der Waals surface area (Å²) in [5.41, 5.74) is 3.56. The Morgan fingerprint density at radius 1 is 1.21 bits per heavy atom. The van der Waals surface area contributed by atoms with Crippen LogP contribution >= 0.6 is 11.8 Å². The molecule has 0 atom stereocenters. The first kappa shape index (κ1) is 18.3. The molecule has 0 bridgehead atoms. The summed E-state index contributed by atoms with van der Waals surface area (Å²) in [6.07, 6.45) is 0.970. The number of benzene rings is 2. The van der Waals surface area contributed by atoms with Crippen molar-refractivity contribution < 1.29 is 14.1 Å². The van der Waals surface area contributed by atoms with Crippen molar-refractivity contribution in [2.45, 2.75) is 18.2 Å². The highest BCUT2D eigenvalue weighted by Crippen LogP contribution is 2.34. The molecular weight excluding hydrogens is 374 g/mol. The minimum Gasteiger partial charge on any atom is -0.338 e. The van der Waals surface area contributed by atoms with E-state index >= 15 is 0 Å². The molecule has 0 radical (unpaired) electrons. The first-order valence-electron chi connectivity index (χ1n) is 9.02. The maximum absolute atomic E-state index is 12.5. The zero-order chi connectivity index (χ0) is 19.5. The molecule has 0 saturated carbocycles. The van der Waals surface area contributed by atoms with Gasteiger partial charge in [0.05, 0.1) is 11.4 Å². The number of nitrogens with zero attached hydrogens (tertiary/aromatic N) is 2. The first-order valence-corrected chi connectivity index (χ1v) is 10.0. The van der Waals surface area contributed by atoms with Crippen LogP contribution in [0.4, 0.5) is 11.6 Å². The monoisotopic (exact) mass is 393 g/mol. The van der Waals surface area contributed by atoms with Gasteiger partial charge in [-0.3, -0.25) is 14.9 Å². The summed E-state index contributed by atoms with van der Waals surface area (Å²) in [6, 6.07) is 17.3. The summed E-state index contributed by atoms with van der Waals surface area (Å²) in [7, 11) is 0. The quantitative estimate of drug-likeness (QED) is 0.710. The third kappa shape index (κ3) is 3.80. The highest BCUT2D eigenvalue weighted by atomic mass is 32.2. The lowest BCUT2D eigenvalue weighted by Gasteiger charge is -2.28. The molecule has 2 aromatic carbocycles. The van der Waals surface area contributed by atoms with Gasteiger partial charge in [0.15, 0.2) is 0 Å². The Kier molecular flexibility index (Phi) is 5.16. The van der Waals surface area contributed by atoms with Crippen molar-refractivity contribution in [3.8, 4) is 11.3 Å². The Labute approximate surface area is 166 Å². The lowest BCUT2D eigenvalue weighted by molar-refractivity contribution is -0.120. The number of anilines is 2. The molecule has 1 N–H and O–H groups in total. The summed E-state index contributed by atoms with van der Waals surface area (Å²) >= 11 is 1.48. The maximum atomic E-state index is 12.5. The van der Waals surface area contributed by atoms with Gasteiger partial charge in [0.25, 0.3) is 0 Å². The summed E-state index contributed by atoms with van der Waals surface area (Å²) < 4.78 is 5.24. The number of para-hydroxylation sites is 1. The molecule has 1 aliphatic heterocycles. The predicted octanol–water partition coefficient (Wildman–Crippen LogP) is 3.98. The molecule has 2 heterocycles. The third-order valence-electron chi connectivity index (χ3n) is 4.54. The fourth-order valence-electron chi connectivity index (χ4n) is 3.03. The SMILES string of the molecule is CCc1ccc(-c2cc(NC(=O)CN3C(=O)CSc4ccccc43)on2)cc1. The molecule has 3 aromatic rings. The number of fused-ring (bicyclic) bond motifs is 1. The van der Waals surface area contributed by atoms with Crippen molar-refractivity contribution >= 4 is 35.1 Å². The van der Waals surface area contributed by atoms with E-state index in [0.717, 1.165) is 22.6 Å². The number of nitrogens with one attached hydrogen (secondary N) is 1. The van der Waals surface area contributed by atoms with E-state index in [0.29, 0.717) is 11.4 Å². The van der Waals surface area contributed by atoms with Gasteiger partial charge < -0.3 is 9.42 Å². The molecule has 1 aliphatic rings. The first-order chi connectivity index (χ1) is 13.6. The van der Waals surface area contributed by atoms with Crippen molar-refractivity contribution in [3.63, 3.8) is 0 Å². The van der Waals surface area contributed by atoms with Crippen LogP contribution in [0.2, 0.25) is 0 Å². The molecule has 0 spiro atoms. The number of aromatic nitrogens is 1. The van der Waals surface area contributed by atoms with E-state index in [1.54, 1.807) is 6.07 Å². The van der Waals surface area contributed by atoms with Crippen LogP contribution in [0.25, 0.3) is 11.3 Å². The van der Waals surface area contributed by atoms with Gasteiger partial charge in [-0.1, -0.05) is 48.5 Å². The molecule has 0 saturated heterocycles. The average Bonchev–Trinajstić information content (AvgIpc) is 3.18. The molecule has 0 fully saturated rings. The average molecular weight is 393 g/mol. The van der Waals surface area contributed by atoms with E-state index in [1.807, 2.05) is 48.5 Å². The highest BCUT2D eigenvalue weighted by Gasteiger charge is 2.26. The normalized spacial score (nSPS) is 13.3. The van der Waals surface area contributed by atoms with Crippen LogP contribution in [-0.2, 0) is 16.0 Å². The highest BCUT2D eigenvalue weighted by molar-refractivity contribution is 8.00. The van der Waals surface area contributed by atoms with Gasteiger partial charge in [0.1, 0.15) is 12.2 Å². The molecule has 4 rings (SSSR count). The molecular formula is C21H19N3O3S. The van der Waals surface area contributed by atoms with Crippen LogP contribution in [0.1, 0.15) is 12.5 Å². The second kappa shape index (κ2) is 7.90. The fourth-order valence-corrected chi connectivity index (χ4v) is 3.96. The van der Waals surface area contributed by atoms with Gasteiger partial charge in [-0.05, 0) is 24.1 Å². The van der Waals surface area contributed by atoms with E-state index < -0.39 is 0 Å². The zero-order valence-electron chi connectivity index (χ0n) is 15.3. The van der Waals surface area contributed by atoms with Gasteiger partial charge in [-0.25, -0.2) is 0 Å². The maximum Gasteiger partial charge on any atom is 0.246 e. The van der Waals surface area contributed by atoms with Crippen LogP contribution in [-0.4, -0.2) is 29.3 Å². The van der Waals surface area contributed by atoms with E-state index in [4.69, 9.17) is 4.52 Å².